The van der Waals surface area contributed by atoms with Crippen LogP contribution in [0.25, 0.3) is 0 Å². The van der Waals surface area contributed by atoms with Crippen molar-refractivity contribution in [2.75, 3.05) is 39.0 Å². The molecule has 7 atom stereocenters. The van der Waals surface area contributed by atoms with E-state index in [9.17, 15) is 34.5 Å². The summed E-state index contributed by atoms with van der Waals surface area (Å²) < 4.78 is 6.01. The summed E-state index contributed by atoms with van der Waals surface area (Å²) in [6.45, 7) is 13.6. The smallest absolute Gasteiger partial charge is 0.407 e. The average molecular weight is 902 g/mol. The molecule has 17 heteroatoms. The second-order valence-electron chi connectivity index (χ2n) is 18.2. The molecule has 0 aliphatic carbocycles. The number of aromatic nitrogens is 1. The van der Waals surface area contributed by atoms with Gasteiger partial charge in [0.1, 0.15) is 16.7 Å². The Balaban J connectivity index is 2.02. The van der Waals surface area contributed by atoms with Gasteiger partial charge in [0.25, 0.3) is 5.91 Å². The lowest BCUT2D eigenvalue weighted by atomic mass is 9.84. The van der Waals surface area contributed by atoms with Gasteiger partial charge in [-0.2, -0.15) is 0 Å². The maximum Gasteiger partial charge on any atom is 0.407 e. The van der Waals surface area contributed by atoms with Gasteiger partial charge in [-0.25, -0.2) is 9.78 Å². The number of rotatable bonds is 26. The van der Waals surface area contributed by atoms with Crippen molar-refractivity contribution in [1.82, 2.24) is 30.7 Å². The van der Waals surface area contributed by atoms with Gasteiger partial charge in [-0.1, -0.05) is 78.9 Å². The van der Waals surface area contributed by atoms with Gasteiger partial charge in [0, 0.05) is 42.7 Å². The number of piperidine rings is 1. The molecule has 3 rings (SSSR count). The third-order valence-electron chi connectivity index (χ3n) is 12.1. The normalized spacial score (nSPS) is 17.5. The summed E-state index contributed by atoms with van der Waals surface area (Å²) in [6, 6.07) is 4.91. The summed E-state index contributed by atoms with van der Waals surface area (Å²) in [5.74, 6) is -2.26. The summed E-state index contributed by atoms with van der Waals surface area (Å²) in [6.07, 6.45) is 4.28. The van der Waals surface area contributed by atoms with Crippen LogP contribution in [-0.4, -0.2) is 123 Å². The Hall–Kier alpha value is -4.32. The number of carboxylic acids is 1. The molecule has 8 N–H and O–H groups in total. The molecule has 63 heavy (non-hydrogen) atoms. The fourth-order valence-corrected chi connectivity index (χ4v) is 8.73. The van der Waals surface area contributed by atoms with Crippen molar-refractivity contribution in [3.8, 4) is 0 Å². The third kappa shape index (κ3) is 16.6. The van der Waals surface area contributed by atoms with Crippen molar-refractivity contribution < 1.29 is 44.0 Å². The van der Waals surface area contributed by atoms with E-state index in [4.69, 9.17) is 10.5 Å². The van der Waals surface area contributed by atoms with Crippen LogP contribution in [0.5, 0.6) is 0 Å². The van der Waals surface area contributed by atoms with Gasteiger partial charge < -0.3 is 46.6 Å². The molecular formula is C46H75N7O9S. The second kappa shape index (κ2) is 25.8. The molecule has 0 spiro atoms. The zero-order chi connectivity index (χ0) is 46.9. The number of amides is 4. The van der Waals surface area contributed by atoms with Crippen LogP contribution in [-0.2, 0) is 25.5 Å². The summed E-state index contributed by atoms with van der Waals surface area (Å²) in [5.41, 5.74) is 6.19. The summed E-state index contributed by atoms with van der Waals surface area (Å²) in [7, 11) is 1.94. The van der Waals surface area contributed by atoms with Crippen molar-refractivity contribution in [2.45, 2.75) is 155 Å². The molecule has 1 unspecified atom stereocenters. The number of ether oxygens (including phenoxy) is 1. The lowest BCUT2D eigenvalue weighted by Crippen LogP contribution is -2.59. The lowest BCUT2D eigenvalue weighted by Gasteiger charge is -2.40. The molecular weight excluding hydrogens is 827 g/mol. The van der Waals surface area contributed by atoms with Crippen LogP contribution in [0.2, 0.25) is 0 Å². The number of aliphatic carboxylic acids is 1. The van der Waals surface area contributed by atoms with E-state index in [1.54, 1.807) is 31.4 Å². The minimum absolute atomic E-state index is 0.0379. The number of nitrogen functional groups attached to an aromatic ring is 1. The number of likely N-dealkylation sites (N-methyl/N-ethyl adjacent to an activating group) is 1. The Morgan fingerprint density at radius 3 is 2.35 bits per heavy atom. The molecule has 0 radical (unpaired) electrons. The number of benzene rings is 1. The highest BCUT2D eigenvalue weighted by Gasteiger charge is 2.39. The monoisotopic (exact) mass is 902 g/mol. The summed E-state index contributed by atoms with van der Waals surface area (Å²) in [4.78, 5) is 76.8. The zero-order valence-corrected chi connectivity index (χ0v) is 39.5. The number of hydrogen-bond donors (Lipinski definition) is 7. The maximum atomic E-state index is 15.0. The number of thiazole rings is 1. The van der Waals surface area contributed by atoms with Gasteiger partial charge in [-0.15, -0.1) is 11.3 Å². The van der Waals surface area contributed by atoms with Gasteiger partial charge in [0.2, 0.25) is 11.8 Å². The highest BCUT2D eigenvalue weighted by molar-refractivity contribution is 7.09. The number of carboxylic acid groups (broad SMARTS) is 1. The maximum absolute atomic E-state index is 15.0. The molecule has 1 saturated heterocycles. The number of nitrogens with one attached hydrogen (secondary N) is 3. The van der Waals surface area contributed by atoms with Crippen LogP contribution < -0.4 is 21.7 Å². The summed E-state index contributed by atoms with van der Waals surface area (Å²) >= 11 is 1.11. The van der Waals surface area contributed by atoms with E-state index in [1.165, 1.54) is 0 Å². The van der Waals surface area contributed by atoms with Crippen LogP contribution in [0.15, 0.2) is 29.6 Å². The molecule has 4 amide bonds. The average Bonchev–Trinajstić information content (AvgIpc) is 3.74. The Morgan fingerprint density at radius 2 is 1.75 bits per heavy atom. The highest BCUT2D eigenvalue weighted by Crippen LogP contribution is 2.32. The zero-order valence-electron chi connectivity index (χ0n) is 38.7. The van der Waals surface area contributed by atoms with E-state index < -0.39 is 60.3 Å². The standard InChI is InChI=1S/C46H75N7O9S/c1-9-11-12-14-22-53(43(58)39(30(5)10-2)51-41(57)36-16-13-15-21-52(36)8)37(29(3)4)24-38(62-45(61)48-26-34(55)27-54)42-50-35(28-63-42)40(56)49-33(25-46(6,7)44(59)60)23-31-17-19-32(47)20-18-31/h17-20,28-30,33-34,36-39,54-55H,9-16,21-27,47H2,1-8H3,(H,48,61)(H,49,56)(H,51,57)(H,59,60)/t30-,33-,34?,36+,37+,38+,39-/m0/s1. The van der Waals surface area contributed by atoms with E-state index in [0.29, 0.717) is 31.5 Å². The summed E-state index contributed by atoms with van der Waals surface area (Å²) in [5, 5.41) is 39.7. The van der Waals surface area contributed by atoms with E-state index in [0.717, 1.165) is 62.0 Å². The first-order valence-electron chi connectivity index (χ1n) is 22.7. The number of carbonyl (C=O) groups is 5. The molecule has 1 aromatic carbocycles. The number of likely N-dealkylation sites (tertiary alicyclic amines) is 1. The second-order valence-corrected chi connectivity index (χ2v) is 19.1. The van der Waals surface area contributed by atoms with Crippen LogP contribution in [0.4, 0.5) is 10.5 Å². The Kier molecular flexibility index (Phi) is 21.7. The lowest BCUT2D eigenvalue weighted by molar-refractivity contribution is -0.147. The number of alkyl carbamates (subject to hydrolysis) is 1. The van der Waals surface area contributed by atoms with E-state index in [2.05, 4.69) is 27.9 Å². The van der Waals surface area contributed by atoms with Gasteiger partial charge >= 0.3 is 12.1 Å². The van der Waals surface area contributed by atoms with Crippen LogP contribution in [0, 0.1) is 17.3 Å². The number of hydrogen-bond acceptors (Lipinski definition) is 12. The van der Waals surface area contributed by atoms with Crippen LogP contribution >= 0.6 is 11.3 Å². The Labute approximate surface area is 378 Å². The Morgan fingerprint density at radius 1 is 1.05 bits per heavy atom. The molecule has 16 nitrogen and oxygen atoms in total. The number of unbranched alkanes of at least 4 members (excludes halogenated alkanes) is 3. The SMILES string of the molecule is CCCCCCN(C(=O)[C@@H](NC(=O)[C@H]1CCCCN1C)[C@@H](C)CC)[C@H](C[C@@H](OC(=O)NCC(O)CO)c1nc(C(=O)N[C@@H](Cc2ccc(N)cc2)CC(C)(C)C(=O)O)cs1)C(C)C. The minimum Gasteiger partial charge on any atom is -0.481 e. The number of aliphatic hydroxyl groups is 2. The minimum atomic E-state index is -1.22. The highest BCUT2D eigenvalue weighted by atomic mass is 32.1. The largest absolute Gasteiger partial charge is 0.481 e. The molecule has 354 valence electrons. The molecule has 1 aliphatic rings. The molecule has 2 aromatic rings. The number of aliphatic hydroxyl groups excluding tert-OH is 2. The topological polar surface area (TPSA) is 237 Å². The fourth-order valence-electron chi connectivity index (χ4n) is 7.90. The molecule has 2 heterocycles. The van der Waals surface area contributed by atoms with E-state index in [1.807, 2.05) is 56.7 Å². The number of nitrogens with two attached hydrogens (primary N) is 1. The van der Waals surface area contributed by atoms with Crippen molar-refractivity contribution in [3.63, 3.8) is 0 Å². The van der Waals surface area contributed by atoms with Crippen molar-refractivity contribution in [3.05, 3.63) is 45.9 Å². The fraction of sp³-hybridized carbons (Fsp3) is 0.696. The van der Waals surface area contributed by atoms with Crippen molar-refractivity contribution >= 4 is 46.8 Å². The number of anilines is 1. The van der Waals surface area contributed by atoms with Gasteiger partial charge in [0.15, 0.2) is 6.10 Å². The van der Waals surface area contributed by atoms with E-state index >= 15 is 4.79 Å². The van der Waals surface area contributed by atoms with Gasteiger partial charge in [-0.05, 0) is 89.1 Å². The van der Waals surface area contributed by atoms with Gasteiger partial charge in [0.05, 0.1) is 24.2 Å². The van der Waals surface area contributed by atoms with Gasteiger partial charge in [-0.3, -0.25) is 24.1 Å². The quantitative estimate of drug-likeness (QED) is 0.0456. The number of nitrogens with zero attached hydrogens (tertiary/aromatic N) is 3. The molecule has 0 bridgehead atoms. The first-order valence-corrected chi connectivity index (χ1v) is 23.6. The number of carbonyl (C=O) groups excluding carboxylic acids is 4. The van der Waals surface area contributed by atoms with Crippen LogP contribution in [0.1, 0.15) is 140 Å². The van der Waals surface area contributed by atoms with Crippen molar-refractivity contribution in [2.24, 2.45) is 17.3 Å². The Bertz CT molecular complexity index is 1760. The van der Waals surface area contributed by atoms with Crippen molar-refractivity contribution in [1.29, 1.82) is 0 Å². The predicted octanol–water partition coefficient (Wildman–Crippen LogP) is 5.53. The first kappa shape index (κ1) is 53.0. The van der Waals surface area contributed by atoms with E-state index in [-0.39, 0.29) is 59.8 Å². The molecule has 1 aromatic heterocycles. The molecule has 0 saturated carbocycles. The van der Waals surface area contributed by atoms with Crippen LogP contribution in [0.3, 0.4) is 0 Å². The molecule has 1 aliphatic heterocycles. The molecule has 1 fully saturated rings. The first-order chi connectivity index (χ1) is 29.8. The predicted molar refractivity (Wildman–Crippen MR) is 245 cm³/mol. The third-order valence-corrected chi connectivity index (χ3v) is 13.1.